The molecule has 0 amide bonds. The highest BCUT2D eigenvalue weighted by atomic mass is 79.9. The maximum atomic E-state index is 11.0. The first-order valence-electron chi connectivity index (χ1n) is 4.54. The molecule has 5 heteroatoms. The fourth-order valence-corrected chi connectivity index (χ4v) is 2.42. The highest BCUT2D eigenvalue weighted by molar-refractivity contribution is 9.10. The average molecular weight is 298 g/mol. The van der Waals surface area contributed by atoms with Crippen LogP contribution in [0.25, 0.3) is 11.3 Å². The van der Waals surface area contributed by atoms with Gasteiger partial charge in [-0.25, -0.2) is 9.78 Å². The number of halogens is 1. The van der Waals surface area contributed by atoms with Gasteiger partial charge in [-0.15, -0.1) is 11.3 Å². The molecule has 0 aliphatic rings. The molecule has 0 atom stereocenters. The van der Waals surface area contributed by atoms with Gasteiger partial charge in [-0.3, -0.25) is 0 Å². The topological polar surface area (TPSA) is 50.2 Å². The summed E-state index contributed by atoms with van der Waals surface area (Å²) in [5.74, 6) is -0.927. The minimum absolute atomic E-state index is 0.292. The number of hydrogen-bond donors (Lipinski definition) is 1. The molecule has 2 rings (SSSR count). The summed E-state index contributed by atoms with van der Waals surface area (Å²) in [6, 6.07) is 7.45. The maximum absolute atomic E-state index is 11.0. The number of carboxylic acids is 1. The maximum Gasteiger partial charge on any atom is 0.348 e. The van der Waals surface area contributed by atoms with Crippen molar-refractivity contribution in [3.8, 4) is 11.3 Å². The Morgan fingerprint density at radius 1 is 1.38 bits per heavy atom. The second-order valence-corrected chi connectivity index (χ2v) is 5.34. The molecule has 82 valence electrons. The van der Waals surface area contributed by atoms with Crippen molar-refractivity contribution in [3.63, 3.8) is 0 Å². The van der Waals surface area contributed by atoms with Crippen molar-refractivity contribution in [1.82, 2.24) is 4.98 Å². The van der Waals surface area contributed by atoms with Gasteiger partial charge in [-0.1, -0.05) is 28.1 Å². The Hall–Kier alpha value is -1.20. The summed E-state index contributed by atoms with van der Waals surface area (Å²) >= 11 is 4.54. The van der Waals surface area contributed by atoms with E-state index in [1.54, 1.807) is 6.92 Å². The molecule has 1 aromatic heterocycles. The van der Waals surface area contributed by atoms with Crippen molar-refractivity contribution < 1.29 is 9.90 Å². The Bertz CT molecular complexity index is 533. The molecule has 3 nitrogen and oxygen atoms in total. The van der Waals surface area contributed by atoms with E-state index in [9.17, 15) is 4.79 Å². The number of thiazole rings is 1. The molecule has 0 spiro atoms. The van der Waals surface area contributed by atoms with Crippen LogP contribution in [0.2, 0.25) is 0 Å². The molecule has 0 bridgehead atoms. The Morgan fingerprint density at radius 3 is 2.56 bits per heavy atom. The van der Waals surface area contributed by atoms with Gasteiger partial charge >= 0.3 is 5.97 Å². The summed E-state index contributed by atoms with van der Waals surface area (Å²) in [5.41, 5.74) is 1.37. The predicted molar refractivity (Wildman–Crippen MR) is 66.9 cm³/mol. The van der Waals surface area contributed by atoms with Crippen molar-refractivity contribution >= 4 is 33.2 Å². The van der Waals surface area contributed by atoms with E-state index in [-0.39, 0.29) is 0 Å². The van der Waals surface area contributed by atoms with Crippen molar-refractivity contribution in [2.45, 2.75) is 6.92 Å². The van der Waals surface area contributed by atoms with Crippen LogP contribution >= 0.6 is 27.3 Å². The van der Waals surface area contributed by atoms with Crippen LogP contribution in [0, 0.1) is 6.92 Å². The fourth-order valence-electron chi connectivity index (χ4n) is 1.38. The van der Waals surface area contributed by atoms with Gasteiger partial charge in [-0.2, -0.15) is 0 Å². The summed E-state index contributed by atoms with van der Waals surface area (Å²) < 4.78 is 0.958. The fraction of sp³-hybridized carbons (Fsp3) is 0.0909. The molecule has 2 aromatic rings. The summed E-state index contributed by atoms with van der Waals surface area (Å²) in [4.78, 5) is 15.6. The highest BCUT2D eigenvalue weighted by Crippen LogP contribution is 2.28. The number of aromatic nitrogens is 1. The second-order valence-electron chi connectivity index (χ2n) is 3.22. The molecule has 1 heterocycles. The SMILES string of the molecule is Cc1nc(-c2ccc(Br)cc2)c(C(=O)O)s1. The van der Waals surface area contributed by atoms with Crippen LogP contribution in [-0.2, 0) is 0 Å². The quantitative estimate of drug-likeness (QED) is 0.922. The molecule has 0 fully saturated rings. The van der Waals surface area contributed by atoms with Gasteiger partial charge in [-0.05, 0) is 19.1 Å². The van der Waals surface area contributed by atoms with Gasteiger partial charge in [0, 0.05) is 10.0 Å². The number of nitrogens with zero attached hydrogens (tertiary/aromatic N) is 1. The molecule has 0 radical (unpaired) electrons. The van der Waals surface area contributed by atoms with Crippen molar-refractivity contribution in [2.24, 2.45) is 0 Å². The first kappa shape index (κ1) is 11.3. The molecule has 0 unspecified atom stereocenters. The number of carbonyl (C=O) groups is 1. The first-order valence-corrected chi connectivity index (χ1v) is 6.15. The van der Waals surface area contributed by atoms with Gasteiger partial charge in [0.1, 0.15) is 4.88 Å². The van der Waals surface area contributed by atoms with Crippen LogP contribution < -0.4 is 0 Å². The van der Waals surface area contributed by atoms with E-state index in [0.717, 1.165) is 15.0 Å². The lowest BCUT2D eigenvalue weighted by atomic mass is 10.1. The largest absolute Gasteiger partial charge is 0.477 e. The standard InChI is InChI=1S/C11H8BrNO2S/c1-6-13-9(10(16-6)11(14)15)7-2-4-8(12)5-3-7/h2-5H,1H3,(H,14,15). The van der Waals surface area contributed by atoms with E-state index in [0.29, 0.717) is 10.6 Å². The van der Waals surface area contributed by atoms with Gasteiger partial charge in [0.2, 0.25) is 0 Å². The smallest absolute Gasteiger partial charge is 0.348 e. The first-order chi connectivity index (χ1) is 7.58. The lowest BCUT2D eigenvalue weighted by Gasteiger charge is -1.98. The van der Waals surface area contributed by atoms with E-state index in [4.69, 9.17) is 5.11 Å². The molecule has 1 aromatic carbocycles. The summed E-state index contributed by atoms with van der Waals surface area (Å²) in [5, 5.41) is 9.82. The number of aryl methyl sites for hydroxylation is 1. The van der Waals surface area contributed by atoms with E-state index in [1.165, 1.54) is 11.3 Å². The normalized spacial score (nSPS) is 10.4. The Morgan fingerprint density at radius 2 is 2.00 bits per heavy atom. The van der Waals surface area contributed by atoms with E-state index < -0.39 is 5.97 Å². The van der Waals surface area contributed by atoms with Crippen molar-refractivity contribution in [3.05, 3.63) is 38.6 Å². The van der Waals surface area contributed by atoms with Crippen LogP contribution in [0.15, 0.2) is 28.7 Å². The van der Waals surface area contributed by atoms with Gasteiger partial charge in [0.05, 0.1) is 10.7 Å². The Labute approximate surface area is 105 Å². The molecular formula is C11H8BrNO2S. The minimum Gasteiger partial charge on any atom is -0.477 e. The van der Waals surface area contributed by atoms with E-state index >= 15 is 0 Å². The Kier molecular flexibility index (Phi) is 3.07. The molecule has 16 heavy (non-hydrogen) atoms. The van der Waals surface area contributed by atoms with Crippen LogP contribution in [-0.4, -0.2) is 16.1 Å². The number of benzene rings is 1. The van der Waals surface area contributed by atoms with Crippen LogP contribution in [0.1, 0.15) is 14.7 Å². The number of carboxylic acid groups (broad SMARTS) is 1. The van der Waals surface area contributed by atoms with E-state index in [1.807, 2.05) is 24.3 Å². The third kappa shape index (κ3) is 2.15. The average Bonchev–Trinajstić information content (AvgIpc) is 2.61. The second kappa shape index (κ2) is 4.35. The van der Waals surface area contributed by atoms with Gasteiger partial charge in [0.15, 0.2) is 0 Å². The molecule has 1 N–H and O–H groups in total. The lowest BCUT2D eigenvalue weighted by molar-refractivity contribution is 0.0702. The highest BCUT2D eigenvalue weighted by Gasteiger charge is 2.16. The summed E-state index contributed by atoms with van der Waals surface area (Å²) in [6.45, 7) is 1.81. The zero-order valence-corrected chi connectivity index (χ0v) is 10.8. The zero-order valence-electron chi connectivity index (χ0n) is 8.40. The molecule has 0 saturated heterocycles. The van der Waals surface area contributed by atoms with Crippen LogP contribution in [0.3, 0.4) is 0 Å². The molecule has 0 aliphatic carbocycles. The number of hydrogen-bond acceptors (Lipinski definition) is 3. The third-order valence-corrected chi connectivity index (χ3v) is 3.53. The summed E-state index contributed by atoms with van der Waals surface area (Å²) in [7, 11) is 0. The Balaban J connectivity index is 2.55. The minimum atomic E-state index is -0.927. The zero-order chi connectivity index (χ0) is 11.7. The summed E-state index contributed by atoms with van der Waals surface area (Å²) in [6.07, 6.45) is 0. The van der Waals surface area contributed by atoms with E-state index in [2.05, 4.69) is 20.9 Å². The van der Waals surface area contributed by atoms with Crippen molar-refractivity contribution in [1.29, 1.82) is 0 Å². The number of aromatic carboxylic acids is 1. The lowest BCUT2D eigenvalue weighted by Crippen LogP contribution is -1.95. The third-order valence-electron chi connectivity index (χ3n) is 2.05. The monoisotopic (exact) mass is 297 g/mol. The van der Waals surface area contributed by atoms with Gasteiger partial charge < -0.3 is 5.11 Å². The van der Waals surface area contributed by atoms with Gasteiger partial charge in [0.25, 0.3) is 0 Å². The molecule has 0 aliphatic heterocycles. The van der Waals surface area contributed by atoms with Crippen molar-refractivity contribution in [2.75, 3.05) is 0 Å². The predicted octanol–water partition coefficient (Wildman–Crippen LogP) is 3.58. The molecular weight excluding hydrogens is 290 g/mol. The molecule has 0 saturated carbocycles. The van der Waals surface area contributed by atoms with Crippen LogP contribution in [0.5, 0.6) is 0 Å². The number of rotatable bonds is 2. The van der Waals surface area contributed by atoms with Crippen LogP contribution in [0.4, 0.5) is 0 Å².